The van der Waals surface area contributed by atoms with Gasteiger partial charge in [0.15, 0.2) is 0 Å². The highest BCUT2D eigenvalue weighted by Crippen LogP contribution is 2.42. The quantitative estimate of drug-likeness (QED) is 0.895. The summed E-state index contributed by atoms with van der Waals surface area (Å²) in [6.07, 6.45) is 4.71. The van der Waals surface area contributed by atoms with Gasteiger partial charge >= 0.3 is 12.0 Å². The Morgan fingerprint density at radius 3 is 3.00 bits per heavy atom. The van der Waals surface area contributed by atoms with Gasteiger partial charge in [-0.05, 0) is 31.6 Å². The molecule has 1 aliphatic carbocycles. The molecule has 21 heavy (non-hydrogen) atoms. The third-order valence-corrected chi connectivity index (χ3v) is 5.52. The van der Waals surface area contributed by atoms with Gasteiger partial charge in [0, 0.05) is 18.1 Å². The van der Waals surface area contributed by atoms with Gasteiger partial charge in [0.25, 0.3) is 0 Å². The Bertz CT molecular complexity index is 534. The van der Waals surface area contributed by atoms with Crippen LogP contribution in [-0.2, 0) is 4.79 Å². The van der Waals surface area contributed by atoms with E-state index in [4.69, 9.17) is 0 Å². The highest BCUT2D eigenvalue weighted by molar-refractivity contribution is 7.09. The molecule has 2 heterocycles. The zero-order valence-corrected chi connectivity index (χ0v) is 12.7. The van der Waals surface area contributed by atoms with Crippen molar-refractivity contribution in [3.63, 3.8) is 0 Å². The molecule has 4 atom stereocenters. The number of aromatic nitrogens is 1. The second kappa shape index (κ2) is 5.63. The topological polar surface area (TPSA) is 82.5 Å². The highest BCUT2D eigenvalue weighted by atomic mass is 32.1. The first-order valence-corrected chi connectivity index (χ1v) is 8.15. The van der Waals surface area contributed by atoms with Crippen LogP contribution < -0.4 is 5.32 Å². The Morgan fingerprint density at radius 2 is 2.33 bits per heavy atom. The molecule has 0 aromatic carbocycles. The van der Waals surface area contributed by atoms with Crippen LogP contribution in [-0.4, -0.2) is 39.6 Å². The van der Waals surface area contributed by atoms with Crippen molar-refractivity contribution in [3.8, 4) is 0 Å². The number of carboxylic acid groups (broad SMARTS) is 1. The van der Waals surface area contributed by atoms with Crippen LogP contribution in [0.25, 0.3) is 0 Å². The maximum absolute atomic E-state index is 12.4. The molecule has 2 N–H and O–H groups in total. The number of urea groups is 1. The molecule has 1 saturated heterocycles. The molecular weight excluding hydrogens is 290 g/mol. The van der Waals surface area contributed by atoms with E-state index in [0.29, 0.717) is 12.5 Å². The average molecular weight is 309 g/mol. The lowest BCUT2D eigenvalue weighted by Crippen LogP contribution is -2.48. The Kier molecular flexibility index (Phi) is 3.84. The number of likely N-dealkylation sites (tertiary alicyclic amines) is 1. The SMILES string of the molecule is CC(NC(=O)N1CC2CCCC2C1C(=O)O)c1nccs1. The third kappa shape index (κ3) is 2.62. The van der Waals surface area contributed by atoms with Crippen molar-refractivity contribution in [2.45, 2.75) is 38.3 Å². The average Bonchev–Trinajstić information content (AvgIpc) is 3.14. The number of thiazole rings is 1. The van der Waals surface area contributed by atoms with Crippen LogP contribution in [0.1, 0.15) is 37.2 Å². The number of rotatable bonds is 3. The van der Waals surface area contributed by atoms with E-state index in [1.54, 1.807) is 6.20 Å². The minimum atomic E-state index is -0.888. The molecule has 0 spiro atoms. The van der Waals surface area contributed by atoms with Crippen LogP contribution in [0.5, 0.6) is 0 Å². The lowest BCUT2D eigenvalue weighted by atomic mass is 9.94. The van der Waals surface area contributed by atoms with Crippen molar-refractivity contribution in [2.75, 3.05) is 6.54 Å². The molecule has 2 fully saturated rings. The third-order valence-electron chi connectivity index (χ3n) is 4.57. The van der Waals surface area contributed by atoms with Gasteiger partial charge in [0.2, 0.25) is 0 Å². The van der Waals surface area contributed by atoms with Crippen molar-refractivity contribution >= 4 is 23.3 Å². The lowest BCUT2D eigenvalue weighted by Gasteiger charge is -2.26. The Labute approximate surface area is 127 Å². The van der Waals surface area contributed by atoms with Gasteiger partial charge in [0.05, 0.1) is 6.04 Å². The summed E-state index contributed by atoms with van der Waals surface area (Å²) in [7, 11) is 0. The van der Waals surface area contributed by atoms with Crippen LogP contribution >= 0.6 is 11.3 Å². The highest BCUT2D eigenvalue weighted by Gasteiger charge is 2.49. The predicted octanol–water partition coefficient (Wildman–Crippen LogP) is 2.10. The van der Waals surface area contributed by atoms with Gasteiger partial charge in [-0.3, -0.25) is 0 Å². The fourth-order valence-corrected chi connectivity index (χ4v) is 4.25. The molecule has 1 aliphatic heterocycles. The smallest absolute Gasteiger partial charge is 0.326 e. The summed E-state index contributed by atoms with van der Waals surface area (Å²) in [6.45, 7) is 2.42. The number of hydrogen-bond donors (Lipinski definition) is 2. The van der Waals surface area contributed by atoms with Crippen molar-refractivity contribution < 1.29 is 14.7 Å². The normalized spacial score (nSPS) is 29.2. The van der Waals surface area contributed by atoms with Gasteiger partial charge in [-0.25, -0.2) is 14.6 Å². The fraction of sp³-hybridized carbons (Fsp3) is 0.643. The minimum absolute atomic E-state index is 0.114. The van der Waals surface area contributed by atoms with E-state index in [1.165, 1.54) is 16.2 Å². The van der Waals surface area contributed by atoms with Gasteiger partial charge in [-0.1, -0.05) is 6.42 Å². The number of aliphatic carboxylic acids is 1. The van der Waals surface area contributed by atoms with Crippen molar-refractivity contribution in [2.24, 2.45) is 11.8 Å². The van der Waals surface area contributed by atoms with Crippen LogP contribution in [0, 0.1) is 11.8 Å². The molecule has 0 radical (unpaired) electrons. The van der Waals surface area contributed by atoms with Gasteiger partial charge in [-0.2, -0.15) is 0 Å². The largest absolute Gasteiger partial charge is 0.480 e. The van der Waals surface area contributed by atoms with Crippen molar-refractivity contribution in [1.82, 2.24) is 15.2 Å². The molecule has 1 aromatic rings. The maximum atomic E-state index is 12.4. The van der Waals surface area contributed by atoms with Gasteiger partial charge in [0.1, 0.15) is 11.0 Å². The van der Waals surface area contributed by atoms with E-state index in [0.717, 1.165) is 24.3 Å². The van der Waals surface area contributed by atoms with E-state index in [-0.39, 0.29) is 18.0 Å². The summed E-state index contributed by atoms with van der Waals surface area (Å²) in [5, 5.41) is 15.0. The second-order valence-electron chi connectivity index (χ2n) is 5.83. The van der Waals surface area contributed by atoms with Crippen molar-refractivity contribution in [1.29, 1.82) is 0 Å². The first-order valence-electron chi connectivity index (χ1n) is 7.27. The molecular formula is C14H19N3O3S. The molecule has 6 nitrogen and oxygen atoms in total. The Morgan fingerprint density at radius 1 is 1.52 bits per heavy atom. The first kappa shape index (κ1) is 14.3. The van der Waals surface area contributed by atoms with Crippen LogP contribution in [0.4, 0.5) is 4.79 Å². The number of nitrogens with one attached hydrogen (secondary N) is 1. The van der Waals surface area contributed by atoms with Crippen LogP contribution in [0.2, 0.25) is 0 Å². The number of carboxylic acids is 1. The molecule has 3 rings (SSSR count). The van der Waals surface area contributed by atoms with Crippen molar-refractivity contribution in [3.05, 3.63) is 16.6 Å². The van der Waals surface area contributed by atoms with Gasteiger partial charge in [-0.15, -0.1) is 11.3 Å². The number of carbonyl (C=O) groups excluding carboxylic acids is 1. The van der Waals surface area contributed by atoms with E-state index < -0.39 is 12.0 Å². The molecule has 1 saturated carbocycles. The Balaban J connectivity index is 1.70. The second-order valence-corrected chi connectivity index (χ2v) is 6.76. The first-order chi connectivity index (χ1) is 10.1. The molecule has 114 valence electrons. The molecule has 0 bridgehead atoms. The maximum Gasteiger partial charge on any atom is 0.326 e. The predicted molar refractivity (Wildman–Crippen MR) is 78.0 cm³/mol. The number of amides is 2. The number of hydrogen-bond acceptors (Lipinski definition) is 4. The summed E-state index contributed by atoms with van der Waals surface area (Å²) in [5.74, 6) is -0.433. The molecule has 2 amide bonds. The zero-order chi connectivity index (χ0) is 15.0. The number of nitrogens with zero attached hydrogens (tertiary/aromatic N) is 2. The summed E-state index contributed by atoms with van der Waals surface area (Å²) in [6, 6.07) is -1.17. The number of fused-ring (bicyclic) bond motifs is 1. The zero-order valence-electron chi connectivity index (χ0n) is 11.9. The molecule has 1 aromatic heterocycles. The molecule has 7 heteroatoms. The van der Waals surface area contributed by atoms with Crippen LogP contribution in [0.15, 0.2) is 11.6 Å². The minimum Gasteiger partial charge on any atom is -0.480 e. The van der Waals surface area contributed by atoms with E-state index in [2.05, 4.69) is 10.3 Å². The van der Waals surface area contributed by atoms with Crippen LogP contribution in [0.3, 0.4) is 0 Å². The lowest BCUT2D eigenvalue weighted by molar-refractivity contribution is -0.142. The summed E-state index contributed by atoms with van der Waals surface area (Å²) < 4.78 is 0. The number of carbonyl (C=O) groups is 2. The monoisotopic (exact) mass is 309 g/mol. The Hall–Kier alpha value is -1.63. The standard InChI is InChI=1S/C14H19N3O3S/c1-8(12-15-5-6-21-12)16-14(20)17-7-9-3-2-4-10(9)11(17)13(18)19/h5-6,8-11H,2-4,7H2,1H3,(H,16,20)(H,18,19). The fourth-order valence-electron chi connectivity index (χ4n) is 3.61. The van der Waals surface area contributed by atoms with E-state index in [9.17, 15) is 14.7 Å². The summed E-state index contributed by atoms with van der Waals surface area (Å²) >= 11 is 1.48. The molecule has 2 aliphatic rings. The summed E-state index contributed by atoms with van der Waals surface area (Å²) in [5.41, 5.74) is 0. The molecule has 4 unspecified atom stereocenters. The van der Waals surface area contributed by atoms with E-state index in [1.807, 2.05) is 12.3 Å². The van der Waals surface area contributed by atoms with Gasteiger partial charge < -0.3 is 15.3 Å². The summed E-state index contributed by atoms with van der Waals surface area (Å²) in [4.78, 5) is 29.6. The van der Waals surface area contributed by atoms with E-state index >= 15 is 0 Å².